The van der Waals surface area contributed by atoms with Crippen molar-refractivity contribution < 1.29 is 19.1 Å². The third-order valence-electron chi connectivity index (χ3n) is 4.00. The molecule has 2 amide bonds. The summed E-state index contributed by atoms with van der Waals surface area (Å²) < 4.78 is 11.1. The van der Waals surface area contributed by atoms with Crippen LogP contribution in [0.1, 0.15) is 35.7 Å². The number of hydrazine groups is 1. The van der Waals surface area contributed by atoms with Gasteiger partial charge in [0.1, 0.15) is 18.1 Å². The van der Waals surface area contributed by atoms with E-state index in [1.165, 1.54) is 0 Å². The zero-order valence-electron chi connectivity index (χ0n) is 14.7. The average molecular weight is 354 g/mol. The molecule has 1 saturated carbocycles. The van der Waals surface area contributed by atoms with Gasteiger partial charge in [0.2, 0.25) is 5.91 Å². The van der Waals surface area contributed by atoms with Gasteiger partial charge in [-0.05, 0) is 61.7 Å². The Bertz CT molecular complexity index is 752. The maximum Gasteiger partial charge on any atom is 0.269 e. The molecule has 6 nitrogen and oxygen atoms in total. The number of ether oxygens (including phenoxy) is 2. The van der Waals surface area contributed by atoms with Crippen LogP contribution >= 0.6 is 0 Å². The van der Waals surface area contributed by atoms with E-state index >= 15 is 0 Å². The molecule has 26 heavy (non-hydrogen) atoms. The third kappa shape index (κ3) is 4.99. The van der Waals surface area contributed by atoms with E-state index in [1.54, 1.807) is 12.1 Å². The summed E-state index contributed by atoms with van der Waals surface area (Å²) in [5.41, 5.74) is 6.30. The Morgan fingerprint density at radius 1 is 0.923 bits per heavy atom. The van der Waals surface area contributed by atoms with Crippen LogP contribution in [0.15, 0.2) is 48.5 Å². The van der Waals surface area contributed by atoms with E-state index in [1.807, 2.05) is 43.3 Å². The van der Waals surface area contributed by atoms with Gasteiger partial charge in [-0.25, -0.2) is 0 Å². The lowest BCUT2D eigenvalue weighted by atomic mass is 10.1. The summed E-state index contributed by atoms with van der Waals surface area (Å²) >= 11 is 0. The lowest BCUT2D eigenvalue weighted by molar-refractivity contribution is -0.123. The van der Waals surface area contributed by atoms with E-state index in [0.717, 1.165) is 29.9 Å². The lowest BCUT2D eigenvalue weighted by Gasteiger charge is -2.09. The fourth-order valence-electron chi connectivity index (χ4n) is 2.36. The van der Waals surface area contributed by atoms with Gasteiger partial charge < -0.3 is 9.47 Å². The number of amides is 2. The molecule has 0 heterocycles. The van der Waals surface area contributed by atoms with Crippen LogP contribution in [0.4, 0.5) is 0 Å². The Morgan fingerprint density at radius 3 is 2.12 bits per heavy atom. The Kier molecular flexibility index (Phi) is 5.73. The smallest absolute Gasteiger partial charge is 0.269 e. The van der Waals surface area contributed by atoms with Crippen molar-refractivity contribution in [1.29, 1.82) is 0 Å². The highest BCUT2D eigenvalue weighted by atomic mass is 16.5. The van der Waals surface area contributed by atoms with Crippen molar-refractivity contribution >= 4 is 11.8 Å². The van der Waals surface area contributed by atoms with E-state index in [2.05, 4.69) is 10.9 Å². The summed E-state index contributed by atoms with van der Waals surface area (Å²) in [5.74, 6) is 1.15. The molecule has 0 aliphatic heterocycles. The second-order valence-corrected chi connectivity index (χ2v) is 6.11. The Morgan fingerprint density at radius 2 is 1.54 bits per heavy atom. The number of carbonyl (C=O) groups is 2. The van der Waals surface area contributed by atoms with Gasteiger partial charge in [0, 0.05) is 11.5 Å². The summed E-state index contributed by atoms with van der Waals surface area (Å²) in [6.07, 6.45) is 1.79. The summed E-state index contributed by atoms with van der Waals surface area (Å²) in [4.78, 5) is 23.5. The first kappa shape index (κ1) is 17.8. The van der Waals surface area contributed by atoms with Gasteiger partial charge in [-0.15, -0.1) is 0 Å². The van der Waals surface area contributed by atoms with E-state index in [-0.39, 0.29) is 17.7 Å². The minimum Gasteiger partial charge on any atom is -0.494 e. The zero-order chi connectivity index (χ0) is 18.4. The Labute approximate surface area is 152 Å². The highest BCUT2D eigenvalue weighted by Crippen LogP contribution is 2.28. The SMILES string of the molecule is CCOc1ccc(OCc2ccc(C(=O)NNC(=O)C3CC3)cc2)cc1. The molecule has 3 rings (SSSR count). The maximum absolute atomic E-state index is 12.0. The summed E-state index contributed by atoms with van der Waals surface area (Å²) in [7, 11) is 0. The minimum absolute atomic E-state index is 0.0532. The molecule has 0 radical (unpaired) electrons. The van der Waals surface area contributed by atoms with Crippen molar-refractivity contribution in [3.63, 3.8) is 0 Å². The van der Waals surface area contributed by atoms with E-state index in [4.69, 9.17) is 9.47 Å². The molecule has 1 fully saturated rings. The number of rotatable bonds is 7. The van der Waals surface area contributed by atoms with E-state index < -0.39 is 0 Å². The second kappa shape index (κ2) is 8.38. The Hall–Kier alpha value is -3.02. The molecule has 0 saturated heterocycles. The molecule has 6 heteroatoms. The molecular formula is C20H22N2O4. The van der Waals surface area contributed by atoms with E-state index in [0.29, 0.717) is 18.8 Å². The van der Waals surface area contributed by atoms with Crippen LogP contribution < -0.4 is 20.3 Å². The van der Waals surface area contributed by atoms with E-state index in [9.17, 15) is 9.59 Å². The molecule has 0 bridgehead atoms. The first-order chi connectivity index (χ1) is 12.7. The molecule has 0 spiro atoms. The molecule has 2 N–H and O–H groups in total. The molecular weight excluding hydrogens is 332 g/mol. The summed E-state index contributed by atoms with van der Waals surface area (Å²) in [6.45, 7) is 2.97. The molecule has 0 atom stereocenters. The minimum atomic E-state index is -0.335. The van der Waals surface area contributed by atoms with Gasteiger partial charge in [-0.3, -0.25) is 20.4 Å². The van der Waals surface area contributed by atoms with Crippen LogP contribution in [-0.4, -0.2) is 18.4 Å². The normalized spacial score (nSPS) is 13.0. The number of hydrogen-bond donors (Lipinski definition) is 2. The molecule has 0 unspecified atom stereocenters. The van der Waals surface area contributed by atoms with Crippen molar-refractivity contribution in [2.24, 2.45) is 5.92 Å². The quantitative estimate of drug-likeness (QED) is 0.750. The number of nitrogens with one attached hydrogen (secondary N) is 2. The van der Waals surface area contributed by atoms with Gasteiger partial charge in [0.25, 0.3) is 5.91 Å². The molecule has 1 aliphatic rings. The molecule has 2 aromatic carbocycles. The fraction of sp³-hybridized carbons (Fsp3) is 0.300. The number of hydrogen-bond acceptors (Lipinski definition) is 4. The highest BCUT2D eigenvalue weighted by molar-refractivity contribution is 5.95. The molecule has 0 aromatic heterocycles. The van der Waals surface area contributed by atoms with Crippen LogP contribution in [0.5, 0.6) is 11.5 Å². The average Bonchev–Trinajstić information content (AvgIpc) is 3.51. The largest absolute Gasteiger partial charge is 0.494 e. The first-order valence-corrected chi connectivity index (χ1v) is 8.70. The van der Waals surface area contributed by atoms with Crippen LogP contribution in [0.25, 0.3) is 0 Å². The fourth-order valence-corrected chi connectivity index (χ4v) is 2.36. The van der Waals surface area contributed by atoms with Crippen molar-refractivity contribution in [3.05, 3.63) is 59.7 Å². The predicted molar refractivity (Wildman–Crippen MR) is 96.7 cm³/mol. The standard InChI is InChI=1S/C20H22N2O4/c1-2-25-17-9-11-18(12-10-17)26-13-14-3-5-15(6-4-14)19(23)21-22-20(24)16-7-8-16/h3-6,9-12,16H,2,7-8,13H2,1H3,(H,21,23)(H,22,24). The molecule has 2 aromatic rings. The van der Waals surface area contributed by atoms with Gasteiger partial charge >= 0.3 is 0 Å². The van der Waals surface area contributed by atoms with Crippen molar-refractivity contribution in [1.82, 2.24) is 10.9 Å². The predicted octanol–water partition coefficient (Wildman–Crippen LogP) is 2.84. The zero-order valence-corrected chi connectivity index (χ0v) is 14.7. The maximum atomic E-state index is 12.0. The Balaban J connectivity index is 1.47. The van der Waals surface area contributed by atoms with Crippen molar-refractivity contribution in [3.8, 4) is 11.5 Å². The highest BCUT2D eigenvalue weighted by Gasteiger charge is 2.29. The third-order valence-corrected chi connectivity index (χ3v) is 4.00. The summed E-state index contributed by atoms with van der Waals surface area (Å²) in [5, 5.41) is 0. The first-order valence-electron chi connectivity index (χ1n) is 8.70. The van der Waals surface area contributed by atoms with Crippen molar-refractivity contribution in [2.45, 2.75) is 26.4 Å². The van der Waals surface area contributed by atoms with Crippen LogP contribution in [-0.2, 0) is 11.4 Å². The van der Waals surface area contributed by atoms with Gasteiger partial charge in [0.15, 0.2) is 0 Å². The van der Waals surface area contributed by atoms with Crippen LogP contribution in [0.3, 0.4) is 0 Å². The van der Waals surface area contributed by atoms with Gasteiger partial charge in [-0.2, -0.15) is 0 Å². The van der Waals surface area contributed by atoms with Crippen molar-refractivity contribution in [2.75, 3.05) is 6.61 Å². The topological polar surface area (TPSA) is 76.7 Å². The van der Waals surface area contributed by atoms with Gasteiger partial charge in [0.05, 0.1) is 6.61 Å². The molecule has 1 aliphatic carbocycles. The monoisotopic (exact) mass is 354 g/mol. The second-order valence-electron chi connectivity index (χ2n) is 6.11. The number of carbonyl (C=O) groups excluding carboxylic acids is 2. The van der Waals surface area contributed by atoms with Crippen LogP contribution in [0, 0.1) is 5.92 Å². The lowest BCUT2D eigenvalue weighted by Crippen LogP contribution is -2.42. The number of benzene rings is 2. The summed E-state index contributed by atoms with van der Waals surface area (Å²) in [6, 6.07) is 14.5. The van der Waals surface area contributed by atoms with Gasteiger partial charge in [-0.1, -0.05) is 12.1 Å². The molecule has 136 valence electrons. The van der Waals surface area contributed by atoms with Crippen LogP contribution in [0.2, 0.25) is 0 Å².